The number of ether oxygens (including phenoxy) is 1. The van der Waals surface area contributed by atoms with Crippen LogP contribution in [-0.4, -0.2) is 25.0 Å². The van der Waals surface area contributed by atoms with Crippen molar-refractivity contribution >= 4 is 17.5 Å². The summed E-state index contributed by atoms with van der Waals surface area (Å²) in [6, 6.07) is 14.5. The van der Waals surface area contributed by atoms with E-state index in [0.717, 1.165) is 18.4 Å². The third-order valence-corrected chi connectivity index (χ3v) is 3.86. The third-order valence-electron chi connectivity index (χ3n) is 3.86. The largest absolute Gasteiger partial charge is 0.380 e. The molecule has 3 rings (SSSR count). The summed E-state index contributed by atoms with van der Waals surface area (Å²) in [6.07, 6.45) is 2.04. The van der Waals surface area contributed by atoms with Crippen LogP contribution in [-0.2, 0) is 11.3 Å². The third kappa shape index (κ3) is 4.00. The number of methoxy groups -OCH3 is 1. The summed E-state index contributed by atoms with van der Waals surface area (Å²) < 4.78 is 5.06. The predicted molar refractivity (Wildman–Crippen MR) is 92.0 cm³/mol. The van der Waals surface area contributed by atoms with E-state index in [1.807, 2.05) is 12.1 Å². The molecule has 1 saturated carbocycles. The van der Waals surface area contributed by atoms with Gasteiger partial charge in [-0.2, -0.15) is 0 Å². The molecular weight excluding hydrogens is 304 g/mol. The molecular formula is C19H20N2O3. The maximum absolute atomic E-state index is 12.4. The number of para-hydroxylation sites is 1. The Kier molecular flexibility index (Phi) is 4.91. The van der Waals surface area contributed by atoms with Gasteiger partial charge in [-0.3, -0.25) is 9.59 Å². The van der Waals surface area contributed by atoms with Gasteiger partial charge in [0.2, 0.25) is 0 Å². The Balaban J connectivity index is 1.72. The molecule has 0 atom stereocenters. The lowest BCUT2D eigenvalue weighted by atomic mass is 10.1. The van der Waals surface area contributed by atoms with Crippen LogP contribution < -0.4 is 10.6 Å². The number of nitrogens with one attached hydrogen (secondary N) is 2. The van der Waals surface area contributed by atoms with Crippen LogP contribution in [0.2, 0.25) is 0 Å². The molecule has 5 nitrogen and oxygen atoms in total. The molecule has 0 unspecified atom stereocenters. The molecule has 124 valence electrons. The molecule has 2 amide bonds. The minimum atomic E-state index is -0.245. The molecule has 0 aliphatic heterocycles. The maximum atomic E-state index is 12.4. The van der Waals surface area contributed by atoms with Gasteiger partial charge in [0.25, 0.3) is 11.8 Å². The Morgan fingerprint density at radius 1 is 1.04 bits per heavy atom. The van der Waals surface area contributed by atoms with Crippen LogP contribution in [0.15, 0.2) is 48.5 Å². The van der Waals surface area contributed by atoms with Gasteiger partial charge in [-0.25, -0.2) is 0 Å². The zero-order valence-corrected chi connectivity index (χ0v) is 13.5. The SMILES string of the molecule is COCc1ccc(C(=O)Nc2ccccc2C(=O)NC2CC2)cc1. The monoisotopic (exact) mass is 324 g/mol. The molecule has 1 fully saturated rings. The van der Waals surface area contributed by atoms with Gasteiger partial charge >= 0.3 is 0 Å². The second kappa shape index (κ2) is 7.27. The predicted octanol–water partition coefficient (Wildman–Crippen LogP) is 2.98. The lowest BCUT2D eigenvalue weighted by Gasteiger charge is -2.11. The molecule has 0 spiro atoms. The highest BCUT2D eigenvalue weighted by Crippen LogP contribution is 2.22. The normalized spacial score (nSPS) is 13.4. The molecule has 0 bridgehead atoms. The van der Waals surface area contributed by atoms with Crippen LogP contribution in [0, 0.1) is 0 Å². The second-order valence-electron chi connectivity index (χ2n) is 5.88. The number of benzene rings is 2. The van der Waals surface area contributed by atoms with E-state index in [0.29, 0.717) is 23.4 Å². The quantitative estimate of drug-likeness (QED) is 0.858. The van der Waals surface area contributed by atoms with Crippen molar-refractivity contribution in [3.63, 3.8) is 0 Å². The molecule has 0 saturated heterocycles. The standard InChI is InChI=1S/C19H20N2O3/c1-24-12-13-6-8-14(9-7-13)18(22)21-17-5-3-2-4-16(17)19(23)20-15-10-11-15/h2-9,15H,10-12H2,1H3,(H,20,23)(H,21,22). The van der Waals surface area contributed by atoms with Crippen LogP contribution in [0.5, 0.6) is 0 Å². The van der Waals surface area contributed by atoms with Crippen LogP contribution in [0.4, 0.5) is 5.69 Å². The van der Waals surface area contributed by atoms with Gasteiger partial charge in [0, 0.05) is 18.7 Å². The fourth-order valence-corrected chi connectivity index (χ4v) is 2.39. The summed E-state index contributed by atoms with van der Waals surface area (Å²) in [4.78, 5) is 24.7. The van der Waals surface area contributed by atoms with Crippen molar-refractivity contribution in [1.82, 2.24) is 5.32 Å². The van der Waals surface area contributed by atoms with Gasteiger partial charge in [0.05, 0.1) is 17.9 Å². The average molecular weight is 324 g/mol. The van der Waals surface area contributed by atoms with Crippen molar-refractivity contribution in [3.8, 4) is 0 Å². The Morgan fingerprint density at radius 2 is 1.75 bits per heavy atom. The minimum absolute atomic E-state index is 0.149. The molecule has 1 aliphatic carbocycles. The summed E-state index contributed by atoms with van der Waals surface area (Å²) >= 11 is 0. The van der Waals surface area contributed by atoms with E-state index < -0.39 is 0 Å². The molecule has 0 radical (unpaired) electrons. The summed E-state index contributed by atoms with van der Waals surface area (Å²) in [6.45, 7) is 0.506. The highest BCUT2D eigenvalue weighted by molar-refractivity contribution is 6.09. The number of carbonyl (C=O) groups is 2. The van der Waals surface area contributed by atoms with Gasteiger partial charge in [0.15, 0.2) is 0 Å². The summed E-state index contributed by atoms with van der Waals surface area (Å²) in [5, 5.41) is 5.76. The van der Waals surface area contributed by atoms with E-state index in [4.69, 9.17) is 4.74 Å². The molecule has 2 aromatic rings. The van der Waals surface area contributed by atoms with Crippen molar-refractivity contribution in [2.24, 2.45) is 0 Å². The summed E-state index contributed by atoms with van der Waals surface area (Å²) in [7, 11) is 1.63. The summed E-state index contributed by atoms with van der Waals surface area (Å²) in [5.41, 5.74) is 2.53. The first-order valence-corrected chi connectivity index (χ1v) is 7.96. The molecule has 0 aromatic heterocycles. The van der Waals surface area contributed by atoms with Gasteiger partial charge in [-0.05, 0) is 42.7 Å². The molecule has 2 aromatic carbocycles. The zero-order valence-electron chi connectivity index (χ0n) is 13.5. The Bertz CT molecular complexity index is 737. The molecule has 24 heavy (non-hydrogen) atoms. The topological polar surface area (TPSA) is 67.4 Å². The van der Waals surface area contributed by atoms with E-state index in [-0.39, 0.29) is 17.9 Å². The number of hydrogen-bond acceptors (Lipinski definition) is 3. The molecule has 5 heteroatoms. The van der Waals surface area contributed by atoms with Gasteiger partial charge in [-0.15, -0.1) is 0 Å². The van der Waals surface area contributed by atoms with Crippen molar-refractivity contribution in [1.29, 1.82) is 0 Å². The van der Waals surface area contributed by atoms with Crippen LogP contribution in [0.1, 0.15) is 39.1 Å². The summed E-state index contributed by atoms with van der Waals surface area (Å²) in [5.74, 6) is -0.394. The number of anilines is 1. The first-order chi connectivity index (χ1) is 11.7. The lowest BCUT2D eigenvalue weighted by molar-refractivity contribution is 0.0952. The van der Waals surface area contributed by atoms with Crippen molar-refractivity contribution in [2.45, 2.75) is 25.5 Å². The number of hydrogen-bond donors (Lipinski definition) is 2. The number of carbonyl (C=O) groups excluding carboxylic acids is 2. The first-order valence-electron chi connectivity index (χ1n) is 7.96. The zero-order chi connectivity index (χ0) is 16.9. The van der Waals surface area contributed by atoms with E-state index in [9.17, 15) is 9.59 Å². The fourth-order valence-electron chi connectivity index (χ4n) is 2.39. The van der Waals surface area contributed by atoms with E-state index in [2.05, 4.69) is 10.6 Å². The van der Waals surface area contributed by atoms with Crippen LogP contribution in [0.3, 0.4) is 0 Å². The van der Waals surface area contributed by atoms with Gasteiger partial charge < -0.3 is 15.4 Å². The van der Waals surface area contributed by atoms with Crippen LogP contribution in [0.25, 0.3) is 0 Å². The second-order valence-corrected chi connectivity index (χ2v) is 5.88. The van der Waals surface area contributed by atoms with E-state index >= 15 is 0 Å². The average Bonchev–Trinajstić information content (AvgIpc) is 3.40. The van der Waals surface area contributed by atoms with E-state index in [1.54, 1.807) is 43.5 Å². The smallest absolute Gasteiger partial charge is 0.255 e. The van der Waals surface area contributed by atoms with Gasteiger partial charge in [-0.1, -0.05) is 24.3 Å². The highest BCUT2D eigenvalue weighted by Gasteiger charge is 2.25. The Hall–Kier alpha value is -2.66. The van der Waals surface area contributed by atoms with Crippen molar-refractivity contribution in [3.05, 3.63) is 65.2 Å². The molecule has 2 N–H and O–H groups in total. The van der Waals surface area contributed by atoms with Crippen molar-refractivity contribution in [2.75, 3.05) is 12.4 Å². The van der Waals surface area contributed by atoms with Gasteiger partial charge in [0.1, 0.15) is 0 Å². The molecule has 1 aliphatic rings. The lowest BCUT2D eigenvalue weighted by Crippen LogP contribution is -2.27. The number of rotatable bonds is 6. The Morgan fingerprint density at radius 3 is 2.42 bits per heavy atom. The van der Waals surface area contributed by atoms with E-state index in [1.165, 1.54) is 0 Å². The molecule has 0 heterocycles. The first kappa shape index (κ1) is 16.2. The van der Waals surface area contributed by atoms with Crippen LogP contribution >= 0.6 is 0 Å². The highest BCUT2D eigenvalue weighted by atomic mass is 16.5. The fraction of sp³-hybridized carbons (Fsp3) is 0.263. The maximum Gasteiger partial charge on any atom is 0.255 e. The van der Waals surface area contributed by atoms with Crippen molar-refractivity contribution < 1.29 is 14.3 Å². The number of amides is 2. The Labute approximate surface area is 141 Å². The minimum Gasteiger partial charge on any atom is -0.380 e.